The zero-order chi connectivity index (χ0) is 17.4. The Bertz CT molecular complexity index is 503. The fourth-order valence-electron chi connectivity index (χ4n) is 3.26. The molecule has 1 fully saturated rings. The van der Waals surface area contributed by atoms with E-state index in [1.165, 1.54) is 12.0 Å². The van der Waals surface area contributed by atoms with Gasteiger partial charge in [0.25, 0.3) is 0 Å². The molecule has 1 aromatic rings. The van der Waals surface area contributed by atoms with Crippen molar-refractivity contribution >= 4 is 6.09 Å². The highest BCUT2D eigenvalue weighted by Gasteiger charge is 2.28. The van der Waals surface area contributed by atoms with Crippen LogP contribution in [0.15, 0.2) is 24.3 Å². The largest absolute Gasteiger partial charge is 0.492 e. The van der Waals surface area contributed by atoms with E-state index in [0.29, 0.717) is 31.6 Å². The molecular formula is C19H29NO4. The summed E-state index contributed by atoms with van der Waals surface area (Å²) in [5.41, 5.74) is 1.23. The van der Waals surface area contributed by atoms with Crippen LogP contribution in [0.1, 0.15) is 38.7 Å². The van der Waals surface area contributed by atoms with Gasteiger partial charge in [0.15, 0.2) is 0 Å². The van der Waals surface area contributed by atoms with Crippen molar-refractivity contribution in [3.8, 4) is 5.75 Å². The van der Waals surface area contributed by atoms with E-state index in [1.807, 2.05) is 12.1 Å². The molecule has 5 nitrogen and oxygen atoms in total. The summed E-state index contributed by atoms with van der Waals surface area (Å²) in [6, 6.07) is 8.00. The molecule has 0 heterocycles. The minimum atomic E-state index is -0.420. The number of carbonyl (C=O) groups excluding carboxylic acids is 1. The smallest absolute Gasteiger partial charge is 0.407 e. The van der Waals surface area contributed by atoms with E-state index in [2.05, 4.69) is 24.4 Å². The Hall–Kier alpha value is -1.75. The number of hydrogen-bond donors (Lipinski definition) is 2. The van der Waals surface area contributed by atoms with Gasteiger partial charge in [0.05, 0.1) is 19.3 Å². The lowest BCUT2D eigenvalue weighted by atomic mass is 9.77. The average molecular weight is 335 g/mol. The second-order valence-electron chi connectivity index (χ2n) is 6.50. The first-order chi connectivity index (χ1) is 11.6. The van der Waals surface area contributed by atoms with Gasteiger partial charge in [-0.25, -0.2) is 4.79 Å². The van der Waals surface area contributed by atoms with Gasteiger partial charge in [-0.15, -0.1) is 0 Å². The predicted octanol–water partition coefficient (Wildman–Crippen LogP) is 3.15. The van der Waals surface area contributed by atoms with Crippen molar-refractivity contribution < 1.29 is 19.4 Å². The van der Waals surface area contributed by atoms with E-state index in [9.17, 15) is 9.90 Å². The van der Waals surface area contributed by atoms with Crippen molar-refractivity contribution in [2.75, 3.05) is 19.8 Å². The Labute approximate surface area is 144 Å². The van der Waals surface area contributed by atoms with Gasteiger partial charge in [0, 0.05) is 0 Å². The Morgan fingerprint density at radius 2 is 2.04 bits per heavy atom. The summed E-state index contributed by atoms with van der Waals surface area (Å²) >= 11 is 0. The molecule has 0 radical (unpaired) electrons. The molecule has 2 rings (SSSR count). The number of amides is 1. The van der Waals surface area contributed by atoms with Crippen LogP contribution in [0.25, 0.3) is 0 Å². The number of aliphatic hydroxyl groups excluding tert-OH is 1. The van der Waals surface area contributed by atoms with Crippen molar-refractivity contribution in [2.24, 2.45) is 11.8 Å². The quantitative estimate of drug-likeness (QED) is 0.751. The molecule has 5 heteroatoms. The summed E-state index contributed by atoms with van der Waals surface area (Å²) in [7, 11) is 0. The molecule has 1 unspecified atom stereocenters. The summed E-state index contributed by atoms with van der Waals surface area (Å²) in [5, 5.41) is 12.9. The normalized spacial score (nSPS) is 23.5. The summed E-state index contributed by atoms with van der Waals surface area (Å²) in [6.07, 6.45) is 3.74. The fourth-order valence-corrected chi connectivity index (χ4v) is 3.26. The van der Waals surface area contributed by atoms with Gasteiger partial charge in [-0.2, -0.15) is 0 Å². The first-order valence-corrected chi connectivity index (χ1v) is 8.90. The number of rotatable bonds is 7. The maximum Gasteiger partial charge on any atom is 0.407 e. The van der Waals surface area contributed by atoms with Crippen molar-refractivity contribution in [2.45, 2.75) is 45.6 Å². The minimum Gasteiger partial charge on any atom is -0.492 e. The number of aliphatic hydroxyl groups is 1. The van der Waals surface area contributed by atoms with Crippen LogP contribution in [0.4, 0.5) is 4.79 Å². The van der Waals surface area contributed by atoms with E-state index < -0.39 is 6.09 Å². The van der Waals surface area contributed by atoms with E-state index in [1.54, 1.807) is 6.92 Å². The first kappa shape index (κ1) is 18.6. The highest BCUT2D eigenvalue weighted by atomic mass is 16.5. The van der Waals surface area contributed by atoms with Crippen LogP contribution in [0.2, 0.25) is 0 Å². The molecule has 24 heavy (non-hydrogen) atoms. The van der Waals surface area contributed by atoms with Crippen LogP contribution in [-0.4, -0.2) is 37.1 Å². The molecule has 1 saturated carbocycles. The lowest BCUT2D eigenvalue weighted by molar-refractivity contribution is 0.0254. The van der Waals surface area contributed by atoms with E-state index >= 15 is 0 Å². The predicted molar refractivity (Wildman–Crippen MR) is 93.2 cm³/mol. The third-order valence-corrected chi connectivity index (χ3v) is 4.64. The lowest BCUT2D eigenvalue weighted by Crippen LogP contribution is -2.32. The molecule has 0 aliphatic heterocycles. The SMILES string of the molecule is CCOC(=O)NCCOc1ccc(C[C@@H]2CCCC(C)[C@@H]2O)cc1. The van der Waals surface area contributed by atoms with E-state index in [-0.39, 0.29) is 6.10 Å². The van der Waals surface area contributed by atoms with Crippen LogP contribution in [0.3, 0.4) is 0 Å². The fraction of sp³-hybridized carbons (Fsp3) is 0.632. The van der Waals surface area contributed by atoms with Crippen molar-refractivity contribution in [3.63, 3.8) is 0 Å². The van der Waals surface area contributed by atoms with E-state index in [0.717, 1.165) is 25.0 Å². The van der Waals surface area contributed by atoms with Gasteiger partial charge in [0.1, 0.15) is 12.4 Å². The number of nitrogens with one attached hydrogen (secondary N) is 1. The molecular weight excluding hydrogens is 306 g/mol. The maximum absolute atomic E-state index is 11.1. The zero-order valence-corrected chi connectivity index (χ0v) is 14.7. The van der Waals surface area contributed by atoms with Crippen LogP contribution >= 0.6 is 0 Å². The molecule has 1 amide bonds. The van der Waals surface area contributed by atoms with Crippen molar-refractivity contribution in [1.82, 2.24) is 5.32 Å². The first-order valence-electron chi connectivity index (χ1n) is 8.90. The highest BCUT2D eigenvalue weighted by Crippen LogP contribution is 2.31. The van der Waals surface area contributed by atoms with Crippen LogP contribution < -0.4 is 10.1 Å². The Morgan fingerprint density at radius 3 is 2.75 bits per heavy atom. The monoisotopic (exact) mass is 335 g/mol. The summed E-state index contributed by atoms with van der Waals surface area (Å²) < 4.78 is 10.4. The number of ether oxygens (including phenoxy) is 2. The van der Waals surface area contributed by atoms with Gasteiger partial charge < -0.3 is 19.9 Å². The standard InChI is InChI=1S/C19H29NO4/c1-3-23-19(22)20-11-12-24-17-9-7-15(8-10-17)13-16-6-4-5-14(2)18(16)21/h7-10,14,16,18,21H,3-6,11-13H2,1-2H3,(H,20,22)/t14?,16-,18-/m0/s1. The number of benzene rings is 1. The molecule has 0 bridgehead atoms. The second-order valence-corrected chi connectivity index (χ2v) is 6.50. The molecule has 0 spiro atoms. The van der Waals surface area contributed by atoms with Crippen LogP contribution in [-0.2, 0) is 11.2 Å². The van der Waals surface area contributed by atoms with Crippen LogP contribution in [0, 0.1) is 11.8 Å². The average Bonchev–Trinajstić information content (AvgIpc) is 2.57. The molecule has 1 aliphatic rings. The molecule has 1 aromatic carbocycles. The lowest BCUT2D eigenvalue weighted by Gasteiger charge is -2.32. The summed E-state index contributed by atoms with van der Waals surface area (Å²) in [4.78, 5) is 11.1. The molecule has 0 saturated heterocycles. The molecule has 2 N–H and O–H groups in total. The Kier molecular flexibility index (Phi) is 7.37. The zero-order valence-electron chi connectivity index (χ0n) is 14.7. The topological polar surface area (TPSA) is 67.8 Å². The second kappa shape index (κ2) is 9.52. The number of alkyl carbamates (subject to hydrolysis) is 1. The van der Waals surface area contributed by atoms with Crippen molar-refractivity contribution in [1.29, 1.82) is 0 Å². The molecule has 134 valence electrons. The maximum atomic E-state index is 11.1. The number of hydrogen-bond acceptors (Lipinski definition) is 4. The third kappa shape index (κ3) is 5.71. The highest BCUT2D eigenvalue weighted by molar-refractivity contribution is 5.66. The minimum absolute atomic E-state index is 0.191. The van der Waals surface area contributed by atoms with Gasteiger partial charge in [-0.3, -0.25) is 0 Å². The molecule has 3 atom stereocenters. The van der Waals surface area contributed by atoms with Gasteiger partial charge in [0.2, 0.25) is 0 Å². The third-order valence-electron chi connectivity index (χ3n) is 4.64. The summed E-state index contributed by atoms with van der Waals surface area (Å²) in [5.74, 6) is 1.54. The Balaban J connectivity index is 1.73. The molecule has 0 aromatic heterocycles. The van der Waals surface area contributed by atoms with E-state index in [4.69, 9.17) is 9.47 Å². The Morgan fingerprint density at radius 1 is 1.29 bits per heavy atom. The number of carbonyl (C=O) groups is 1. The van der Waals surface area contributed by atoms with Gasteiger partial charge in [-0.05, 0) is 55.7 Å². The summed E-state index contributed by atoms with van der Waals surface area (Å²) in [6.45, 7) is 5.08. The van der Waals surface area contributed by atoms with Gasteiger partial charge >= 0.3 is 6.09 Å². The van der Waals surface area contributed by atoms with Gasteiger partial charge in [-0.1, -0.05) is 25.5 Å². The van der Waals surface area contributed by atoms with Crippen LogP contribution in [0.5, 0.6) is 5.75 Å². The molecule has 1 aliphatic carbocycles. The van der Waals surface area contributed by atoms with Crippen molar-refractivity contribution in [3.05, 3.63) is 29.8 Å².